The summed E-state index contributed by atoms with van der Waals surface area (Å²) in [5.74, 6) is -1.23. The number of aliphatic hydroxyl groups is 1. The van der Waals surface area contributed by atoms with E-state index in [0.717, 1.165) is 12.3 Å². The first-order valence-corrected chi connectivity index (χ1v) is 10.4. The number of halogens is 5. The first kappa shape index (κ1) is 24.7. The quantitative estimate of drug-likeness (QED) is 0.225. The van der Waals surface area contributed by atoms with Crippen LogP contribution >= 0.6 is 11.6 Å². The fourth-order valence-electron chi connectivity index (χ4n) is 3.59. The molecule has 2 aromatic heterocycles. The molecule has 2 heterocycles. The van der Waals surface area contributed by atoms with Gasteiger partial charge in [0.15, 0.2) is 11.5 Å². The van der Waals surface area contributed by atoms with E-state index in [-0.39, 0.29) is 40.2 Å². The van der Waals surface area contributed by atoms with Gasteiger partial charge in [-0.2, -0.15) is 18.3 Å². The van der Waals surface area contributed by atoms with Crippen LogP contribution in [0.2, 0.25) is 5.02 Å². The van der Waals surface area contributed by atoms with Gasteiger partial charge in [-0.05, 0) is 32.4 Å². The van der Waals surface area contributed by atoms with Crippen molar-refractivity contribution >= 4 is 17.4 Å². The fraction of sp³-hybridized carbons (Fsp3) is 0.304. The van der Waals surface area contributed by atoms with Gasteiger partial charge in [-0.1, -0.05) is 23.7 Å². The summed E-state index contributed by atoms with van der Waals surface area (Å²) in [5, 5.41) is 13.9. The number of carbonyl (C=O) groups excluding carboxylic acids is 1. The lowest BCUT2D eigenvalue weighted by Crippen LogP contribution is -2.29. The number of allylic oxidation sites excluding steroid dienone is 1. The molecule has 176 valence electrons. The Balaban J connectivity index is 2.30. The van der Waals surface area contributed by atoms with E-state index in [1.807, 2.05) is 0 Å². The summed E-state index contributed by atoms with van der Waals surface area (Å²) in [5.41, 5.74) is -3.35. The maximum atomic E-state index is 14.7. The number of rotatable bonds is 8. The summed E-state index contributed by atoms with van der Waals surface area (Å²) in [6.45, 7) is 5.83. The summed E-state index contributed by atoms with van der Waals surface area (Å²) < 4.78 is 57.5. The van der Waals surface area contributed by atoms with Crippen LogP contribution in [0.15, 0.2) is 43.2 Å². The van der Waals surface area contributed by atoms with Crippen LogP contribution in [-0.4, -0.2) is 31.3 Å². The monoisotopic (exact) mass is 483 g/mol. The molecule has 0 aliphatic carbocycles. The number of alkyl halides is 3. The van der Waals surface area contributed by atoms with Gasteiger partial charge in [0.2, 0.25) is 0 Å². The minimum Gasteiger partial charge on any atom is -0.389 e. The molecular formula is C23H22ClF4N3O2. The van der Waals surface area contributed by atoms with Gasteiger partial charge in [0, 0.05) is 29.3 Å². The van der Waals surface area contributed by atoms with Gasteiger partial charge in [0.1, 0.15) is 5.82 Å². The van der Waals surface area contributed by atoms with Crippen LogP contribution in [-0.2, 0) is 12.7 Å². The van der Waals surface area contributed by atoms with Crippen LogP contribution < -0.4 is 0 Å². The molecule has 0 radical (unpaired) electrons. The standard InChI is InChI=1S/C23H22ClF4N3O2/c1-4-5-9-17(32)19-13(18-15(24)7-6-8-16(18)25)10-29-20(19)14-11-30-31(12-22(2,3)33)21(14)23(26,27)28/h4,6-8,10-11,29,33H,1,5,9,12H2,2-3H3. The molecule has 0 unspecified atom stereocenters. The smallest absolute Gasteiger partial charge is 0.389 e. The number of carbonyl (C=O) groups is 1. The highest BCUT2D eigenvalue weighted by molar-refractivity contribution is 6.33. The van der Waals surface area contributed by atoms with Crippen LogP contribution in [0.5, 0.6) is 0 Å². The van der Waals surface area contributed by atoms with Crippen molar-refractivity contribution in [3.8, 4) is 22.4 Å². The van der Waals surface area contributed by atoms with Gasteiger partial charge < -0.3 is 10.1 Å². The van der Waals surface area contributed by atoms with E-state index in [9.17, 15) is 27.5 Å². The molecule has 33 heavy (non-hydrogen) atoms. The van der Waals surface area contributed by atoms with E-state index >= 15 is 0 Å². The molecule has 5 nitrogen and oxygen atoms in total. The third kappa shape index (κ3) is 5.20. The highest BCUT2D eigenvalue weighted by atomic mass is 35.5. The van der Waals surface area contributed by atoms with Crippen LogP contribution in [0, 0.1) is 5.82 Å². The number of hydrogen-bond acceptors (Lipinski definition) is 3. The Morgan fingerprint density at radius 1 is 1.30 bits per heavy atom. The third-order valence-electron chi connectivity index (χ3n) is 4.88. The molecule has 0 spiro atoms. The van der Waals surface area contributed by atoms with Gasteiger partial charge in [-0.15, -0.1) is 6.58 Å². The fourth-order valence-corrected chi connectivity index (χ4v) is 3.85. The van der Waals surface area contributed by atoms with Crippen molar-refractivity contribution < 1.29 is 27.5 Å². The molecule has 1 aromatic carbocycles. The van der Waals surface area contributed by atoms with Crippen LogP contribution in [0.1, 0.15) is 42.7 Å². The molecule has 0 amide bonds. The molecular weight excluding hydrogens is 462 g/mol. The van der Waals surface area contributed by atoms with Crippen molar-refractivity contribution in [2.75, 3.05) is 0 Å². The molecule has 0 aliphatic rings. The van der Waals surface area contributed by atoms with Crippen LogP contribution in [0.4, 0.5) is 17.6 Å². The van der Waals surface area contributed by atoms with Crippen LogP contribution in [0.25, 0.3) is 22.4 Å². The van der Waals surface area contributed by atoms with E-state index in [2.05, 4.69) is 16.7 Å². The third-order valence-corrected chi connectivity index (χ3v) is 5.20. The Morgan fingerprint density at radius 2 is 2.00 bits per heavy atom. The molecule has 2 N–H and O–H groups in total. The zero-order valence-electron chi connectivity index (χ0n) is 17.9. The average molecular weight is 484 g/mol. The van der Waals surface area contributed by atoms with Gasteiger partial charge in [0.05, 0.1) is 34.6 Å². The summed E-state index contributed by atoms with van der Waals surface area (Å²) in [6.07, 6.45) is -0.891. The van der Waals surface area contributed by atoms with E-state index in [4.69, 9.17) is 11.6 Å². The zero-order chi connectivity index (χ0) is 24.6. The van der Waals surface area contributed by atoms with Gasteiger partial charge >= 0.3 is 6.18 Å². The Hall–Kier alpha value is -2.91. The Morgan fingerprint density at radius 3 is 2.58 bits per heavy atom. The van der Waals surface area contributed by atoms with Crippen molar-refractivity contribution in [2.45, 2.75) is 45.0 Å². The number of aromatic amines is 1. The first-order valence-electron chi connectivity index (χ1n) is 10.0. The Kier molecular flexibility index (Phi) is 6.85. The SMILES string of the molecule is C=CCCC(=O)c1c(-c2c(F)cccc2Cl)c[nH]c1-c1cnn(CC(C)(C)O)c1C(F)(F)F. The second kappa shape index (κ2) is 9.15. The average Bonchev–Trinajstić information content (AvgIpc) is 3.28. The lowest BCUT2D eigenvalue weighted by atomic mass is 9.94. The molecule has 0 fully saturated rings. The number of ketones is 1. The van der Waals surface area contributed by atoms with Crippen molar-refractivity contribution in [3.05, 3.63) is 65.3 Å². The number of H-pyrrole nitrogens is 1. The molecule has 0 bridgehead atoms. The minimum atomic E-state index is -4.85. The van der Waals surface area contributed by atoms with Gasteiger partial charge in [-0.25, -0.2) is 4.39 Å². The predicted molar refractivity (Wildman–Crippen MR) is 117 cm³/mol. The van der Waals surface area contributed by atoms with Crippen molar-refractivity contribution in [2.24, 2.45) is 0 Å². The Labute approximate surface area is 192 Å². The van der Waals surface area contributed by atoms with E-state index in [1.54, 1.807) is 0 Å². The molecule has 3 rings (SSSR count). The maximum Gasteiger partial charge on any atom is 0.433 e. The minimum absolute atomic E-state index is 0.00657. The topological polar surface area (TPSA) is 70.9 Å². The Bertz CT molecular complexity index is 1170. The highest BCUT2D eigenvalue weighted by Crippen LogP contribution is 2.42. The van der Waals surface area contributed by atoms with Crippen molar-refractivity contribution in [3.63, 3.8) is 0 Å². The number of hydrogen-bond donors (Lipinski definition) is 2. The molecule has 0 aliphatic heterocycles. The molecule has 0 saturated carbocycles. The number of benzene rings is 1. The normalized spacial score (nSPS) is 12.2. The predicted octanol–water partition coefficient (Wildman–Crippen LogP) is 6.28. The first-order chi connectivity index (χ1) is 15.3. The summed E-state index contributed by atoms with van der Waals surface area (Å²) in [6, 6.07) is 3.96. The lowest BCUT2D eigenvalue weighted by molar-refractivity contribution is -0.144. The molecule has 3 aromatic rings. The van der Waals surface area contributed by atoms with E-state index in [0.29, 0.717) is 4.68 Å². The van der Waals surface area contributed by atoms with Gasteiger partial charge in [-0.3, -0.25) is 9.48 Å². The number of aromatic nitrogens is 3. The van der Waals surface area contributed by atoms with Crippen LogP contribution in [0.3, 0.4) is 0 Å². The summed E-state index contributed by atoms with van der Waals surface area (Å²) >= 11 is 6.18. The summed E-state index contributed by atoms with van der Waals surface area (Å²) in [4.78, 5) is 15.8. The highest BCUT2D eigenvalue weighted by Gasteiger charge is 2.41. The number of nitrogens with one attached hydrogen (secondary N) is 1. The second-order valence-corrected chi connectivity index (χ2v) is 8.58. The molecule has 0 saturated heterocycles. The van der Waals surface area contributed by atoms with Gasteiger partial charge in [0.25, 0.3) is 0 Å². The molecule has 10 heteroatoms. The second-order valence-electron chi connectivity index (χ2n) is 8.17. The van der Waals surface area contributed by atoms with E-state index < -0.39 is 41.2 Å². The summed E-state index contributed by atoms with van der Waals surface area (Å²) in [7, 11) is 0. The maximum absolute atomic E-state index is 14.7. The van der Waals surface area contributed by atoms with Crippen molar-refractivity contribution in [1.29, 1.82) is 0 Å². The number of Topliss-reactive ketones (excluding diaryl/α,β-unsaturated/α-hetero) is 1. The largest absolute Gasteiger partial charge is 0.433 e. The molecule has 0 atom stereocenters. The van der Waals surface area contributed by atoms with Crippen molar-refractivity contribution in [1.82, 2.24) is 14.8 Å². The lowest BCUT2D eigenvalue weighted by Gasteiger charge is -2.20. The number of nitrogens with zero attached hydrogens (tertiary/aromatic N) is 2. The van der Waals surface area contributed by atoms with E-state index in [1.165, 1.54) is 38.3 Å². The zero-order valence-corrected chi connectivity index (χ0v) is 18.7.